The summed E-state index contributed by atoms with van der Waals surface area (Å²) in [6, 6.07) is 11.7. The summed E-state index contributed by atoms with van der Waals surface area (Å²) in [7, 11) is 1.40. The Morgan fingerprint density at radius 3 is 2.60 bits per heavy atom. The lowest BCUT2D eigenvalue weighted by Gasteiger charge is -2.10. The van der Waals surface area contributed by atoms with E-state index in [0.29, 0.717) is 12.0 Å². The van der Waals surface area contributed by atoms with Crippen LogP contribution in [0.15, 0.2) is 36.4 Å². The smallest absolute Gasteiger partial charge is 0.308 e. The predicted octanol–water partition coefficient (Wildman–Crippen LogP) is 2.48. The van der Waals surface area contributed by atoms with Gasteiger partial charge in [-0.2, -0.15) is 0 Å². The molecule has 0 aliphatic carbocycles. The number of carbonyl (C=O) groups is 1. The Hall–Kier alpha value is -2.36. The minimum atomic E-state index is -0.206. The first-order chi connectivity index (χ1) is 9.51. The number of hydrogen-bond acceptors (Lipinski definition) is 3. The third kappa shape index (κ3) is 2.96. The van der Waals surface area contributed by atoms with Gasteiger partial charge in [-0.3, -0.25) is 10.2 Å². The highest BCUT2D eigenvalue weighted by atomic mass is 16.5. The molecule has 1 atom stereocenters. The van der Waals surface area contributed by atoms with Crippen LogP contribution in [-0.2, 0) is 16.0 Å². The fraction of sp³-hybridized carbons (Fsp3) is 0.250. The van der Waals surface area contributed by atoms with Crippen molar-refractivity contribution in [2.45, 2.75) is 13.3 Å². The summed E-state index contributed by atoms with van der Waals surface area (Å²) < 4.78 is 4.74. The van der Waals surface area contributed by atoms with Gasteiger partial charge in [0, 0.05) is 5.56 Å². The number of esters is 1. The predicted molar refractivity (Wildman–Crippen MR) is 79.8 cm³/mol. The van der Waals surface area contributed by atoms with Crippen LogP contribution in [0.4, 0.5) is 0 Å². The van der Waals surface area contributed by atoms with Gasteiger partial charge in [0.15, 0.2) is 0 Å². The zero-order chi connectivity index (χ0) is 14.7. The number of nitrogens with two attached hydrogens (primary N) is 1. The number of nitrogens with one attached hydrogen (secondary N) is 1. The number of nitrogen functional groups attached to an aromatic ring is 1. The fourth-order valence-corrected chi connectivity index (χ4v) is 2.23. The molecule has 0 amide bonds. The first kappa shape index (κ1) is 14.1. The minimum absolute atomic E-state index is 0.0558. The minimum Gasteiger partial charge on any atom is -0.469 e. The van der Waals surface area contributed by atoms with Gasteiger partial charge < -0.3 is 10.5 Å². The highest BCUT2D eigenvalue weighted by Crippen LogP contribution is 2.20. The van der Waals surface area contributed by atoms with E-state index in [2.05, 4.69) is 0 Å². The largest absolute Gasteiger partial charge is 0.469 e. The maximum atomic E-state index is 11.5. The first-order valence-corrected chi connectivity index (χ1v) is 6.46. The molecular formula is C16H18N2O2. The van der Waals surface area contributed by atoms with Crippen LogP contribution in [0.2, 0.25) is 0 Å². The summed E-state index contributed by atoms with van der Waals surface area (Å²) in [6.07, 6.45) is 0.632. The average molecular weight is 270 g/mol. The lowest BCUT2D eigenvalue weighted by atomic mass is 9.97. The maximum absolute atomic E-state index is 11.5. The van der Waals surface area contributed by atoms with E-state index in [9.17, 15) is 4.79 Å². The van der Waals surface area contributed by atoms with Crippen LogP contribution in [0.1, 0.15) is 18.1 Å². The molecule has 4 heteroatoms. The van der Waals surface area contributed by atoms with Crippen molar-refractivity contribution in [3.05, 3.63) is 47.5 Å². The van der Waals surface area contributed by atoms with Gasteiger partial charge in [0.05, 0.1) is 13.0 Å². The molecule has 3 N–H and O–H groups in total. The molecule has 20 heavy (non-hydrogen) atoms. The van der Waals surface area contributed by atoms with Crippen molar-refractivity contribution >= 4 is 22.6 Å². The van der Waals surface area contributed by atoms with E-state index in [1.54, 1.807) is 0 Å². The zero-order valence-corrected chi connectivity index (χ0v) is 11.6. The second-order valence-electron chi connectivity index (χ2n) is 4.94. The first-order valence-electron chi connectivity index (χ1n) is 6.46. The second-order valence-corrected chi connectivity index (χ2v) is 4.94. The third-order valence-corrected chi connectivity index (χ3v) is 3.36. The molecule has 0 aromatic heterocycles. The molecule has 0 aliphatic rings. The third-order valence-electron chi connectivity index (χ3n) is 3.36. The van der Waals surface area contributed by atoms with Gasteiger partial charge in [-0.15, -0.1) is 0 Å². The van der Waals surface area contributed by atoms with E-state index in [0.717, 1.165) is 16.3 Å². The Morgan fingerprint density at radius 2 is 1.95 bits per heavy atom. The Labute approximate surface area is 118 Å². The standard InChI is InChI=1S/C16H18N2O2/c1-10(16(19)20-2)7-11-3-4-12-5-6-13(15(17)18)9-14(12)8-11/h3-6,8-10H,7H2,1-2H3,(H3,17,18). The van der Waals surface area contributed by atoms with Gasteiger partial charge in [0.25, 0.3) is 0 Å². The average Bonchev–Trinajstić information content (AvgIpc) is 2.45. The van der Waals surface area contributed by atoms with Crippen LogP contribution < -0.4 is 5.73 Å². The van der Waals surface area contributed by atoms with Crippen molar-refractivity contribution in [1.82, 2.24) is 0 Å². The number of fused-ring (bicyclic) bond motifs is 1. The van der Waals surface area contributed by atoms with Crippen molar-refractivity contribution in [2.75, 3.05) is 7.11 Å². The molecule has 0 fully saturated rings. The molecule has 0 heterocycles. The van der Waals surface area contributed by atoms with Gasteiger partial charge >= 0.3 is 5.97 Å². The summed E-state index contributed by atoms with van der Waals surface area (Å²) in [5.74, 6) is -0.323. The summed E-state index contributed by atoms with van der Waals surface area (Å²) in [5, 5.41) is 9.58. The van der Waals surface area contributed by atoms with Gasteiger partial charge in [0.1, 0.15) is 5.84 Å². The quantitative estimate of drug-likeness (QED) is 0.509. The normalized spacial score (nSPS) is 12.1. The van der Waals surface area contributed by atoms with Crippen LogP contribution >= 0.6 is 0 Å². The van der Waals surface area contributed by atoms with E-state index in [1.165, 1.54) is 7.11 Å². The Bertz CT molecular complexity index is 665. The second kappa shape index (κ2) is 5.74. The molecule has 2 rings (SSSR count). The number of ether oxygens (including phenoxy) is 1. The number of amidine groups is 1. The van der Waals surface area contributed by atoms with Crippen LogP contribution in [-0.4, -0.2) is 18.9 Å². The molecular weight excluding hydrogens is 252 g/mol. The molecule has 2 aromatic rings. The van der Waals surface area contributed by atoms with Crippen LogP contribution in [0.3, 0.4) is 0 Å². The maximum Gasteiger partial charge on any atom is 0.308 e. The van der Waals surface area contributed by atoms with Crippen LogP contribution in [0, 0.1) is 11.3 Å². The van der Waals surface area contributed by atoms with Gasteiger partial charge in [-0.05, 0) is 28.8 Å². The van der Waals surface area contributed by atoms with Gasteiger partial charge in [-0.25, -0.2) is 0 Å². The highest BCUT2D eigenvalue weighted by molar-refractivity contribution is 5.99. The summed E-state index contributed by atoms with van der Waals surface area (Å²) in [6.45, 7) is 1.85. The number of hydrogen-bond donors (Lipinski definition) is 2. The molecule has 0 radical (unpaired) electrons. The SMILES string of the molecule is COC(=O)C(C)Cc1ccc2ccc(C(=N)N)cc2c1. The van der Waals surface area contributed by atoms with Crippen LogP contribution in [0.5, 0.6) is 0 Å². The molecule has 0 bridgehead atoms. The lowest BCUT2D eigenvalue weighted by molar-refractivity contribution is -0.144. The molecule has 0 spiro atoms. The molecule has 0 saturated carbocycles. The fourth-order valence-electron chi connectivity index (χ4n) is 2.23. The molecule has 104 valence electrons. The number of carbonyl (C=O) groups excluding carboxylic acids is 1. The van der Waals surface area contributed by atoms with Crippen molar-refractivity contribution in [2.24, 2.45) is 11.7 Å². The zero-order valence-electron chi connectivity index (χ0n) is 11.6. The van der Waals surface area contributed by atoms with Crippen molar-refractivity contribution in [1.29, 1.82) is 5.41 Å². The molecule has 4 nitrogen and oxygen atoms in total. The van der Waals surface area contributed by atoms with Crippen molar-refractivity contribution in [3.63, 3.8) is 0 Å². The number of methoxy groups -OCH3 is 1. The molecule has 2 aromatic carbocycles. The highest BCUT2D eigenvalue weighted by Gasteiger charge is 2.13. The number of benzene rings is 2. The van der Waals surface area contributed by atoms with Crippen molar-refractivity contribution < 1.29 is 9.53 Å². The van der Waals surface area contributed by atoms with Crippen molar-refractivity contribution in [3.8, 4) is 0 Å². The van der Waals surface area contributed by atoms with Crippen LogP contribution in [0.25, 0.3) is 10.8 Å². The molecule has 0 aliphatic heterocycles. The Morgan fingerprint density at radius 1 is 1.25 bits per heavy atom. The lowest BCUT2D eigenvalue weighted by Crippen LogP contribution is -2.15. The Kier molecular flexibility index (Phi) is 4.03. The van der Waals surface area contributed by atoms with E-state index < -0.39 is 0 Å². The van der Waals surface area contributed by atoms with E-state index in [-0.39, 0.29) is 17.7 Å². The topological polar surface area (TPSA) is 76.2 Å². The van der Waals surface area contributed by atoms with E-state index >= 15 is 0 Å². The molecule has 1 unspecified atom stereocenters. The van der Waals surface area contributed by atoms with E-state index in [1.807, 2.05) is 43.3 Å². The summed E-state index contributed by atoms with van der Waals surface area (Å²) in [4.78, 5) is 11.5. The number of rotatable bonds is 4. The molecule has 0 saturated heterocycles. The summed E-state index contributed by atoms with van der Waals surface area (Å²) in [5.41, 5.74) is 7.27. The monoisotopic (exact) mass is 270 g/mol. The summed E-state index contributed by atoms with van der Waals surface area (Å²) >= 11 is 0. The van der Waals surface area contributed by atoms with E-state index in [4.69, 9.17) is 15.9 Å². The van der Waals surface area contributed by atoms with Gasteiger partial charge in [-0.1, -0.05) is 37.3 Å². The van der Waals surface area contributed by atoms with Gasteiger partial charge in [0.2, 0.25) is 0 Å². The Balaban J connectivity index is 2.32.